The highest BCUT2D eigenvalue weighted by atomic mass is 32.2. The zero-order chi connectivity index (χ0) is 10.7. The summed E-state index contributed by atoms with van der Waals surface area (Å²) in [6, 6.07) is 7.39. The van der Waals surface area contributed by atoms with Crippen LogP contribution in [0, 0.1) is 5.92 Å². The van der Waals surface area contributed by atoms with Crippen molar-refractivity contribution in [3.63, 3.8) is 0 Å². The molecule has 0 spiro atoms. The monoisotopic (exact) mass is 226 g/mol. The summed E-state index contributed by atoms with van der Waals surface area (Å²) in [6.45, 7) is 0.770. The Bertz CT molecular complexity index is 361. The zero-order valence-electron chi connectivity index (χ0n) is 8.39. The predicted octanol–water partition coefficient (Wildman–Crippen LogP) is 2.20. The van der Waals surface area contributed by atoms with E-state index in [1.165, 1.54) is 12.8 Å². The average molecular weight is 226 g/mol. The van der Waals surface area contributed by atoms with Gasteiger partial charge in [-0.1, -0.05) is 12.1 Å². The second kappa shape index (κ2) is 4.77. The van der Waals surface area contributed by atoms with Gasteiger partial charge in [-0.25, -0.2) is 4.21 Å². The Morgan fingerprint density at radius 3 is 2.93 bits per heavy atom. The van der Waals surface area contributed by atoms with Gasteiger partial charge in [0.25, 0.3) is 0 Å². The summed E-state index contributed by atoms with van der Waals surface area (Å²) in [6.07, 6.45) is 2.53. The molecule has 2 rings (SSSR count). The van der Waals surface area contributed by atoms with Crippen molar-refractivity contribution in [2.24, 2.45) is 5.92 Å². The summed E-state index contributed by atoms with van der Waals surface area (Å²) >= 11 is -1.78. The number of ether oxygens (including phenoxy) is 1. The molecule has 1 aromatic carbocycles. The number of hydrogen-bond acceptors (Lipinski definition) is 2. The lowest BCUT2D eigenvalue weighted by Crippen LogP contribution is -2.00. The second-order valence-corrected chi connectivity index (χ2v) is 4.80. The zero-order valence-corrected chi connectivity index (χ0v) is 9.20. The summed E-state index contributed by atoms with van der Waals surface area (Å²) in [4.78, 5) is 0. The molecule has 1 aliphatic rings. The van der Waals surface area contributed by atoms with Crippen molar-refractivity contribution in [3.05, 3.63) is 29.8 Å². The molecule has 82 valence electrons. The lowest BCUT2D eigenvalue weighted by Gasteiger charge is -2.06. The molecule has 1 aliphatic carbocycles. The van der Waals surface area contributed by atoms with Crippen LogP contribution in [0.3, 0.4) is 0 Å². The summed E-state index contributed by atoms with van der Waals surface area (Å²) in [5.41, 5.74) is 0.837. The van der Waals surface area contributed by atoms with Crippen molar-refractivity contribution in [2.75, 3.05) is 6.61 Å². The van der Waals surface area contributed by atoms with Crippen molar-refractivity contribution in [1.82, 2.24) is 0 Å². The molecule has 0 saturated heterocycles. The molecule has 4 heteroatoms. The van der Waals surface area contributed by atoms with Crippen LogP contribution in [-0.4, -0.2) is 15.4 Å². The van der Waals surface area contributed by atoms with Gasteiger partial charge < -0.3 is 9.29 Å². The van der Waals surface area contributed by atoms with Gasteiger partial charge in [-0.2, -0.15) is 0 Å². The van der Waals surface area contributed by atoms with Crippen molar-refractivity contribution in [2.45, 2.75) is 18.6 Å². The Kier molecular flexibility index (Phi) is 3.38. The number of rotatable bonds is 5. The van der Waals surface area contributed by atoms with Gasteiger partial charge in [0, 0.05) is 0 Å². The first-order chi connectivity index (χ1) is 7.24. The van der Waals surface area contributed by atoms with E-state index in [9.17, 15) is 4.21 Å². The van der Waals surface area contributed by atoms with Gasteiger partial charge in [-0.05, 0) is 36.5 Å². The van der Waals surface area contributed by atoms with Crippen LogP contribution in [0.1, 0.15) is 18.4 Å². The Morgan fingerprint density at radius 2 is 2.27 bits per heavy atom. The molecule has 0 bridgehead atoms. The van der Waals surface area contributed by atoms with E-state index >= 15 is 0 Å². The first-order valence-corrected chi connectivity index (χ1v) is 6.31. The van der Waals surface area contributed by atoms with Crippen molar-refractivity contribution >= 4 is 11.1 Å². The van der Waals surface area contributed by atoms with Gasteiger partial charge in [0.15, 0.2) is 11.1 Å². The summed E-state index contributed by atoms with van der Waals surface area (Å²) in [7, 11) is 0. The third-order valence-corrected chi connectivity index (χ3v) is 2.95. The van der Waals surface area contributed by atoms with Gasteiger partial charge in [0.1, 0.15) is 5.75 Å². The minimum absolute atomic E-state index is 0.167. The van der Waals surface area contributed by atoms with Crippen molar-refractivity contribution < 1.29 is 13.5 Å². The highest BCUT2D eigenvalue weighted by Gasteiger charge is 2.21. The van der Waals surface area contributed by atoms with Gasteiger partial charge in [-0.3, -0.25) is 0 Å². The van der Waals surface area contributed by atoms with Crippen LogP contribution >= 0.6 is 0 Å². The SMILES string of the molecule is O=S(O)Cc1cccc(OCC2CC2)c1. The first kappa shape index (κ1) is 10.6. The summed E-state index contributed by atoms with van der Waals surface area (Å²) in [5, 5.41) is 0. The molecule has 0 aliphatic heterocycles. The van der Waals surface area contributed by atoms with Crippen LogP contribution in [0.15, 0.2) is 24.3 Å². The fraction of sp³-hybridized carbons (Fsp3) is 0.455. The fourth-order valence-corrected chi connectivity index (χ4v) is 1.83. The largest absolute Gasteiger partial charge is 0.493 e. The predicted molar refractivity (Wildman–Crippen MR) is 59.1 cm³/mol. The van der Waals surface area contributed by atoms with E-state index in [-0.39, 0.29) is 5.75 Å². The van der Waals surface area contributed by atoms with Crippen molar-refractivity contribution in [3.8, 4) is 5.75 Å². The Labute approximate surface area is 91.7 Å². The first-order valence-electron chi connectivity index (χ1n) is 5.03. The molecule has 3 nitrogen and oxygen atoms in total. The molecule has 0 radical (unpaired) electrons. The Balaban J connectivity index is 1.94. The molecule has 1 saturated carbocycles. The summed E-state index contributed by atoms with van der Waals surface area (Å²) in [5.74, 6) is 1.69. The highest BCUT2D eigenvalue weighted by molar-refractivity contribution is 7.78. The third-order valence-electron chi connectivity index (χ3n) is 2.37. The maximum absolute atomic E-state index is 10.6. The molecule has 1 N–H and O–H groups in total. The van der Waals surface area contributed by atoms with Crippen molar-refractivity contribution in [1.29, 1.82) is 0 Å². The van der Waals surface area contributed by atoms with E-state index in [4.69, 9.17) is 9.29 Å². The average Bonchev–Trinajstić information content (AvgIpc) is 2.97. The molecule has 0 amide bonds. The number of benzene rings is 1. The van der Waals surface area contributed by atoms with Crippen LogP contribution in [0.25, 0.3) is 0 Å². The smallest absolute Gasteiger partial charge is 0.157 e. The molecule has 0 heterocycles. The van der Waals surface area contributed by atoms with E-state index in [1.54, 1.807) is 0 Å². The van der Waals surface area contributed by atoms with E-state index in [0.717, 1.165) is 23.8 Å². The van der Waals surface area contributed by atoms with Crippen LogP contribution in [0.4, 0.5) is 0 Å². The molecule has 15 heavy (non-hydrogen) atoms. The van der Waals surface area contributed by atoms with Crippen LogP contribution in [-0.2, 0) is 16.8 Å². The molecule has 1 aromatic rings. The molecule has 1 atom stereocenters. The van der Waals surface area contributed by atoms with Crippen LogP contribution in [0.2, 0.25) is 0 Å². The van der Waals surface area contributed by atoms with Gasteiger partial charge in [-0.15, -0.1) is 0 Å². The Hall–Kier alpha value is -0.870. The maximum atomic E-state index is 10.6. The van der Waals surface area contributed by atoms with Gasteiger partial charge in [0.05, 0.1) is 12.4 Å². The van der Waals surface area contributed by atoms with Gasteiger partial charge in [0.2, 0.25) is 0 Å². The standard InChI is InChI=1S/C11H14O3S/c12-15(13)8-10-2-1-3-11(6-10)14-7-9-4-5-9/h1-3,6,9H,4-5,7-8H2,(H,12,13). The maximum Gasteiger partial charge on any atom is 0.157 e. The molecular weight excluding hydrogens is 212 g/mol. The van der Waals surface area contributed by atoms with E-state index in [0.29, 0.717) is 0 Å². The topological polar surface area (TPSA) is 46.5 Å². The highest BCUT2D eigenvalue weighted by Crippen LogP contribution is 2.29. The molecule has 1 unspecified atom stereocenters. The minimum Gasteiger partial charge on any atom is -0.493 e. The van der Waals surface area contributed by atoms with Gasteiger partial charge >= 0.3 is 0 Å². The van der Waals surface area contributed by atoms with Crippen LogP contribution in [0.5, 0.6) is 5.75 Å². The van der Waals surface area contributed by atoms with E-state index in [2.05, 4.69) is 0 Å². The normalized spacial score (nSPS) is 17.4. The summed E-state index contributed by atoms with van der Waals surface area (Å²) < 4.78 is 25.0. The van der Waals surface area contributed by atoms with Crippen LogP contribution < -0.4 is 4.74 Å². The lowest BCUT2D eigenvalue weighted by atomic mass is 10.2. The van der Waals surface area contributed by atoms with E-state index in [1.807, 2.05) is 24.3 Å². The fourth-order valence-electron chi connectivity index (χ4n) is 1.37. The molecular formula is C11H14O3S. The second-order valence-electron chi connectivity index (χ2n) is 3.87. The Morgan fingerprint density at radius 1 is 1.47 bits per heavy atom. The quantitative estimate of drug-likeness (QED) is 0.783. The molecule has 1 fully saturated rings. The minimum atomic E-state index is -1.78. The number of hydrogen-bond donors (Lipinski definition) is 1. The van der Waals surface area contributed by atoms with E-state index < -0.39 is 11.1 Å². The lowest BCUT2D eigenvalue weighted by molar-refractivity contribution is 0.299. The third kappa shape index (κ3) is 3.64. The molecule has 0 aromatic heterocycles.